The van der Waals surface area contributed by atoms with Crippen molar-refractivity contribution in [1.82, 2.24) is 4.72 Å². The molecule has 0 saturated heterocycles. The van der Waals surface area contributed by atoms with Crippen molar-refractivity contribution in [2.75, 3.05) is 0 Å². The summed E-state index contributed by atoms with van der Waals surface area (Å²) in [7, 11) is -3.56. The van der Waals surface area contributed by atoms with E-state index >= 15 is 0 Å². The molecule has 0 spiro atoms. The highest BCUT2D eigenvalue weighted by atomic mass is 79.9. The highest BCUT2D eigenvalue weighted by Crippen LogP contribution is 2.30. The Morgan fingerprint density at radius 3 is 2.85 bits per heavy atom. The highest BCUT2D eigenvalue weighted by molar-refractivity contribution is 9.10. The van der Waals surface area contributed by atoms with E-state index in [0.29, 0.717) is 11.7 Å². The molecule has 0 aromatic carbocycles. The molecule has 0 aliphatic heterocycles. The molecule has 114 valence electrons. The van der Waals surface area contributed by atoms with Gasteiger partial charge in [0.15, 0.2) is 4.67 Å². The molecule has 0 bridgehead atoms. The number of hydrogen-bond donors (Lipinski definition) is 2. The van der Waals surface area contributed by atoms with Crippen LogP contribution in [-0.4, -0.2) is 14.5 Å². The van der Waals surface area contributed by atoms with E-state index < -0.39 is 10.0 Å². The number of nitrogens with two attached hydrogens (primary N) is 1. The normalized spacial score (nSPS) is 23.9. The molecule has 3 N–H and O–H groups in total. The fourth-order valence-electron chi connectivity index (χ4n) is 2.73. The van der Waals surface area contributed by atoms with Crippen molar-refractivity contribution in [3.8, 4) is 0 Å². The predicted molar refractivity (Wildman–Crippen MR) is 80.7 cm³/mol. The Morgan fingerprint density at radius 1 is 1.50 bits per heavy atom. The number of halogens is 1. The Morgan fingerprint density at radius 2 is 2.25 bits per heavy atom. The summed E-state index contributed by atoms with van der Waals surface area (Å²) in [6, 6.07) is 1.49. The highest BCUT2D eigenvalue weighted by Gasteiger charge is 2.28. The van der Waals surface area contributed by atoms with Gasteiger partial charge in [-0.2, -0.15) is 0 Å². The third-order valence-corrected chi connectivity index (χ3v) is 6.26. The van der Waals surface area contributed by atoms with Gasteiger partial charge in [-0.05, 0) is 34.7 Å². The van der Waals surface area contributed by atoms with Crippen LogP contribution in [0.1, 0.15) is 44.8 Å². The minimum atomic E-state index is -3.56. The molecule has 1 aromatic rings. The number of rotatable bonds is 5. The summed E-state index contributed by atoms with van der Waals surface area (Å²) < 4.78 is 33.1. The topological polar surface area (TPSA) is 85.3 Å². The first-order valence-corrected chi connectivity index (χ1v) is 9.24. The SMILES string of the molecule is CCC1CCCC(NS(=O)(=O)c2cc(CN)oc2Br)C1. The zero-order valence-corrected chi connectivity index (χ0v) is 14.0. The summed E-state index contributed by atoms with van der Waals surface area (Å²) in [5.41, 5.74) is 5.47. The zero-order valence-electron chi connectivity index (χ0n) is 11.6. The van der Waals surface area contributed by atoms with Crippen molar-refractivity contribution in [2.24, 2.45) is 11.7 Å². The third-order valence-electron chi connectivity index (χ3n) is 3.88. The van der Waals surface area contributed by atoms with Crippen LogP contribution >= 0.6 is 15.9 Å². The van der Waals surface area contributed by atoms with E-state index in [0.717, 1.165) is 25.7 Å². The van der Waals surface area contributed by atoms with Crippen molar-refractivity contribution < 1.29 is 12.8 Å². The maximum absolute atomic E-state index is 12.4. The monoisotopic (exact) mass is 364 g/mol. The molecule has 2 atom stereocenters. The van der Waals surface area contributed by atoms with Crippen LogP contribution in [0.3, 0.4) is 0 Å². The molecule has 1 aliphatic rings. The lowest BCUT2D eigenvalue weighted by Crippen LogP contribution is -2.38. The molecule has 0 amide bonds. The molecule has 2 rings (SSSR count). The molecular formula is C13H21BrN2O3S. The predicted octanol–water partition coefficient (Wildman–Crippen LogP) is 2.75. The first-order valence-electron chi connectivity index (χ1n) is 6.96. The number of hydrogen-bond acceptors (Lipinski definition) is 4. The van der Waals surface area contributed by atoms with Crippen LogP contribution in [0.2, 0.25) is 0 Å². The van der Waals surface area contributed by atoms with E-state index in [4.69, 9.17) is 10.2 Å². The summed E-state index contributed by atoms with van der Waals surface area (Å²) in [6.07, 6.45) is 5.18. The molecular weight excluding hydrogens is 344 g/mol. The van der Waals surface area contributed by atoms with E-state index in [1.807, 2.05) is 0 Å². The molecule has 5 nitrogen and oxygen atoms in total. The molecule has 0 radical (unpaired) electrons. The Balaban J connectivity index is 2.12. The molecule has 1 aliphatic carbocycles. The molecule has 1 saturated carbocycles. The van der Waals surface area contributed by atoms with Crippen LogP contribution in [0.25, 0.3) is 0 Å². The van der Waals surface area contributed by atoms with Crippen LogP contribution in [0, 0.1) is 5.92 Å². The van der Waals surface area contributed by atoms with Crippen molar-refractivity contribution in [2.45, 2.75) is 56.5 Å². The minimum absolute atomic E-state index is 0.0156. The number of furan rings is 1. The largest absolute Gasteiger partial charge is 0.452 e. The Kier molecular flexibility index (Phi) is 5.28. The molecule has 1 heterocycles. The van der Waals surface area contributed by atoms with Crippen molar-refractivity contribution in [1.29, 1.82) is 0 Å². The van der Waals surface area contributed by atoms with Gasteiger partial charge in [-0.1, -0.05) is 26.2 Å². The van der Waals surface area contributed by atoms with Crippen LogP contribution < -0.4 is 10.5 Å². The van der Waals surface area contributed by atoms with E-state index in [-0.39, 0.29) is 22.2 Å². The van der Waals surface area contributed by atoms with E-state index in [1.54, 1.807) is 0 Å². The van der Waals surface area contributed by atoms with Gasteiger partial charge in [0.05, 0.1) is 6.54 Å². The zero-order chi connectivity index (χ0) is 14.8. The molecule has 2 unspecified atom stereocenters. The first kappa shape index (κ1) is 16.0. The van der Waals surface area contributed by atoms with E-state index in [1.165, 1.54) is 12.5 Å². The summed E-state index contributed by atoms with van der Waals surface area (Å²) in [6.45, 7) is 2.33. The van der Waals surface area contributed by atoms with Crippen LogP contribution in [0.5, 0.6) is 0 Å². The van der Waals surface area contributed by atoms with Gasteiger partial charge in [0, 0.05) is 12.1 Å². The van der Waals surface area contributed by atoms with Gasteiger partial charge in [-0.3, -0.25) is 0 Å². The summed E-state index contributed by atoms with van der Waals surface area (Å²) >= 11 is 3.14. The van der Waals surface area contributed by atoms with Crippen LogP contribution in [0.4, 0.5) is 0 Å². The van der Waals surface area contributed by atoms with Gasteiger partial charge in [0.25, 0.3) is 0 Å². The number of sulfonamides is 1. The standard InChI is InChI=1S/C13H21BrN2O3S/c1-2-9-4-3-5-10(6-9)16-20(17,18)12-7-11(8-15)19-13(12)14/h7,9-10,16H,2-6,8,15H2,1H3. The van der Waals surface area contributed by atoms with Crippen molar-refractivity contribution in [3.05, 3.63) is 16.5 Å². The van der Waals surface area contributed by atoms with Gasteiger partial charge in [-0.15, -0.1) is 0 Å². The second-order valence-electron chi connectivity index (χ2n) is 5.31. The lowest BCUT2D eigenvalue weighted by Gasteiger charge is -2.28. The average molecular weight is 365 g/mol. The summed E-state index contributed by atoms with van der Waals surface area (Å²) in [5.74, 6) is 1.07. The first-order chi connectivity index (χ1) is 9.46. The Labute approximate surface area is 128 Å². The smallest absolute Gasteiger partial charge is 0.245 e. The molecule has 7 heteroatoms. The lowest BCUT2D eigenvalue weighted by molar-refractivity contribution is 0.301. The van der Waals surface area contributed by atoms with E-state index in [2.05, 4.69) is 27.6 Å². The second-order valence-corrected chi connectivity index (χ2v) is 7.72. The average Bonchev–Trinajstić information content (AvgIpc) is 2.80. The van der Waals surface area contributed by atoms with Gasteiger partial charge in [0.1, 0.15) is 10.7 Å². The van der Waals surface area contributed by atoms with E-state index in [9.17, 15) is 8.42 Å². The molecule has 20 heavy (non-hydrogen) atoms. The quantitative estimate of drug-likeness (QED) is 0.840. The van der Waals surface area contributed by atoms with Gasteiger partial charge >= 0.3 is 0 Å². The minimum Gasteiger partial charge on any atom is -0.452 e. The maximum Gasteiger partial charge on any atom is 0.245 e. The van der Waals surface area contributed by atoms with Gasteiger partial charge in [-0.25, -0.2) is 13.1 Å². The van der Waals surface area contributed by atoms with Gasteiger partial charge in [0.2, 0.25) is 10.0 Å². The third kappa shape index (κ3) is 3.63. The van der Waals surface area contributed by atoms with Crippen LogP contribution in [0.15, 0.2) is 20.0 Å². The molecule has 1 fully saturated rings. The summed E-state index contributed by atoms with van der Waals surface area (Å²) in [5, 5.41) is 0. The Hall–Kier alpha value is -0.370. The van der Waals surface area contributed by atoms with Crippen molar-refractivity contribution >= 4 is 26.0 Å². The fourth-order valence-corrected chi connectivity index (χ4v) is 5.01. The molecule has 1 aromatic heterocycles. The Bertz CT molecular complexity index is 556. The fraction of sp³-hybridized carbons (Fsp3) is 0.692. The lowest BCUT2D eigenvalue weighted by atomic mass is 9.85. The second kappa shape index (κ2) is 6.60. The maximum atomic E-state index is 12.4. The van der Waals surface area contributed by atoms with Crippen molar-refractivity contribution in [3.63, 3.8) is 0 Å². The van der Waals surface area contributed by atoms with Gasteiger partial charge < -0.3 is 10.2 Å². The van der Waals surface area contributed by atoms with Crippen LogP contribution in [-0.2, 0) is 16.6 Å². The summed E-state index contributed by atoms with van der Waals surface area (Å²) in [4.78, 5) is 0.136. The number of nitrogens with one attached hydrogen (secondary N) is 1.